The summed E-state index contributed by atoms with van der Waals surface area (Å²) in [6.07, 6.45) is 0. The van der Waals surface area contributed by atoms with Crippen LogP contribution in [0.2, 0.25) is 0 Å². The molecule has 19 heavy (non-hydrogen) atoms. The van der Waals surface area contributed by atoms with Gasteiger partial charge in [-0.05, 0) is 36.5 Å². The van der Waals surface area contributed by atoms with E-state index in [4.69, 9.17) is 17.3 Å². The Balaban J connectivity index is 2.09. The van der Waals surface area contributed by atoms with Crippen molar-refractivity contribution in [3.63, 3.8) is 0 Å². The van der Waals surface area contributed by atoms with Crippen LogP contribution >= 0.6 is 12.2 Å². The number of anilines is 2. The van der Waals surface area contributed by atoms with Crippen molar-refractivity contribution in [3.05, 3.63) is 60.2 Å². The Morgan fingerprint density at radius 1 is 0.947 bits per heavy atom. The number of carboxylic acid groups (broad SMARTS) is 1. The van der Waals surface area contributed by atoms with Gasteiger partial charge >= 0.3 is 5.97 Å². The molecule has 0 aliphatic carbocycles. The molecule has 0 fully saturated rings. The van der Waals surface area contributed by atoms with Crippen LogP contribution in [0.5, 0.6) is 0 Å². The van der Waals surface area contributed by atoms with E-state index in [1.54, 1.807) is 18.2 Å². The molecule has 0 aliphatic rings. The highest BCUT2D eigenvalue weighted by atomic mass is 32.1. The van der Waals surface area contributed by atoms with Crippen molar-refractivity contribution in [2.45, 2.75) is 0 Å². The monoisotopic (exact) mass is 272 g/mol. The van der Waals surface area contributed by atoms with Gasteiger partial charge < -0.3 is 15.7 Å². The maximum Gasteiger partial charge on any atom is 0.337 e. The van der Waals surface area contributed by atoms with Gasteiger partial charge in [0, 0.05) is 5.69 Å². The Morgan fingerprint density at radius 3 is 2.26 bits per heavy atom. The molecule has 0 amide bonds. The number of carboxylic acids is 1. The second-order valence-corrected chi connectivity index (χ2v) is 4.20. The molecular weight excluding hydrogens is 260 g/mol. The molecule has 2 aromatic carbocycles. The van der Waals surface area contributed by atoms with E-state index in [0.29, 0.717) is 10.8 Å². The lowest BCUT2D eigenvalue weighted by atomic mass is 10.2. The van der Waals surface area contributed by atoms with Crippen LogP contribution in [0.1, 0.15) is 10.4 Å². The molecule has 0 bridgehead atoms. The van der Waals surface area contributed by atoms with Crippen molar-refractivity contribution in [2.75, 3.05) is 10.6 Å². The molecule has 3 N–H and O–H groups in total. The van der Waals surface area contributed by atoms with Gasteiger partial charge in [-0.15, -0.1) is 0 Å². The van der Waals surface area contributed by atoms with Crippen LogP contribution in [0.15, 0.2) is 54.6 Å². The Kier molecular flexibility index (Phi) is 4.10. The molecule has 0 saturated carbocycles. The van der Waals surface area contributed by atoms with Crippen molar-refractivity contribution in [1.29, 1.82) is 0 Å². The molecule has 2 aromatic rings. The van der Waals surface area contributed by atoms with Crippen molar-refractivity contribution in [1.82, 2.24) is 0 Å². The van der Waals surface area contributed by atoms with Crippen LogP contribution in [-0.2, 0) is 0 Å². The fourth-order valence-electron chi connectivity index (χ4n) is 1.58. The normalized spacial score (nSPS) is 9.68. The molecule has 0 aromatic heterocycles. The lowest BCUT2D eigenvalue weighted by Crippen LogP contribution is -2.20. The first-order chi connectivity index (χ1) is 9.16. The van der Waals surface area contributed by atoms with Gasteiger partial charge in [0.05, 0.1) is 11.3 Å². The first kappa shape index (κ1) is 13.0. The first-order valence-corrected chi connectivity index (χ1v) is 6.03. The summed E-state index contributed by atoms with van der Waals surface area (Å²) < 4.78 is 0. The molecule has 0 saturated heterocycles. The zero-order valence-electron chi connectivity index (χ0n) is 9.96. The molecular formula is C14H12N2O2S. The van der Waals surface area contributed by atoms with E-state index in [0.717, 1.165) is 5.69 Å². The van der Waals surface area contributed by atoms with Gasteiger partial charge in [-0.2, -0.15) is 0 Å². The van der Waals surface area contributed by atoms with Crippen molar-refractivity contribution in [3.8, 4) is 0 Å². The minimum Gasteiger partial charge on any atom is -0.478 e. The number of para-hydroxylation sites is 2. The number of aromatic carboxylic acids is 1. The third-order valence-corrected chi connectivity index (χ3v) is 2.64. The minimum atomic E-state index is -0.995. The van der Waals surface area contributed by atoms with Gasteiger partial charge in [0.25, 0.3) is 0 Å². The molecule has 0 atom stereocenters. The molecule has 0 radical (unpaired) electrons. The summed E-state index contributed by atoms with van der Waals surface area (Å²) in [7, 11) is 0. The summed E-state index contributed by atoms with van der Waals surface area (Å²) in [6, 6.07) is 16.0. The summed E-state index contributed by atoms with van der Waals surface area (Å²) in [5, 5.41) is 15.3. The largest absolute Gasteiger partial charge is 0.478 e. The van der Waals surface area contributed by atoms with Crippen molar-refractivity contribution in [2.24, 2.45) is 0 Å². The Labute approximate surface area is 116 Å². The molecule has 0 heterocycles. The van der Waals surface area contributed by atoms with Crippen LogP contribution in [0, 0.1) is 0 Å². The van der Waals surface area contributed by atoms with Crippen LogP contribution in [-0.4, -0.2) is 16.2 Å². The summed E-state index contributed by atoms with van der Waals surface area (Å²) >= 11 is 5.15. The van der Waals surface area contributed by atoms with E-state index >= 15 is 0 Å². The van der Waals surface area contributed by atoms with Gasteiger partial charge in [-0.25, -0.2) is 4.79 Å². The number of hydrogen-bond acceptors (Lipinski definition) is 2. The highest BCUT2D eigenvalue weighted by Gasteiger charge is 2.09. The molecule has 96 valence electrons. The third-order valence-electron chi connectivity index (χ3n) is 2.44. The van der Waals surface area contributed by atoms with E-state index in [2.05, 4.69) is 10.6 Å². The topological polar surface area (TPSA) is 61.4 Å². The molecule has 2 rings (SSSR count). The predicted octanol–water partition coefficient (Wildman–Crippen LogP) is 3.19. The van der Waals surface area contributed by atoms with Crippen molar-refractivity contribution < 1.29 is 9.90 Å². The Hall–Kier alpha value is -2.40. The smallest absolute Gasteiger partial charge is 0.337 e. The summed E-state index contributed by atoms with van der Waals surface area (Å²) in [5.74, 6) is -0.995. The number of nitrogens with one attached hydrogen (secondary N) is 2. The summed E-state index contributed by atoms with van der Waals surface area (Å²) in [6.45, 7) is 0. The average Bonchev–Trinajstić information content (AvgIpc) is 2.40. The van der Waals surface area contributed by atoms with Gasteiger partial charge in [0.1, 0.15) is 0 Å². The summed E-state index contributed by atoms with van der Waals surface area (Å²) in [5.41, 5.74) is 1.48. The van der Waals surface area contributed by atoms with Gasteiger partial charge in [0.15, 0.2) is 5.11 Å². The summed E-state index contributed by atoms with van der Waals surface area (Å²) in [4.78, 5) is 11.1. The number of rotatable bonds is 3. The van der Waals surface area contributed by atoms with E-state index in [1.807, 2.05) is 30.3 Å². The van der Waals surface area contributed by atoms with Crippen LogP contribution in [0.25, 0.3) is 0 Å². The highest BCUT2D eigenvalue weighted by Crippen LogP contribution is 2.15. The third kappa shape index (κ3) is 3.53. The second-order valence-electron chi connectivity index (χ2n) is 3.80. The molecule has 0 spiro atoms. The van der Waals surface area contributed by atoms with E-state index in [1.165, 1.54) is 6.07 Å². The maximum atomic E-state index is 11.1. The predicted molar refractivity (Wildman–Crippen MR) is 79.7 cm³/mol. The number of carbonyl (C=O) groups is 1. The van der Waals surface area contributed by atoms with Crippen molar-refractivity contribution >= 4 is 34.7 Å². The lowest BCUT2D eigenvalue weighted by Gasteiger charge is -2.12. The SMILES string of the molecule is O=C(O)c1ccccc1NC(=S)Nc1ccccc1. The zero-order chi connectivity index (χ0) is 13.7. The van der Waals surface area contributed by atoms with Crippen LogP contribution < -0.4 is 10.6 Å². The number of hydrogen-bond donors (Lipinski definition) is 3. The van der Waals surface area contributed by atoms with Crippen LogP contribution in [0.4, 0.5) is 11.4 Å². The van der Waals surface area contributed by atoms with E-state index < -0.39 is 5.97 Å². The fourth-order valence-corrected chi connectivity index (χ4v) is 1.81. The number of thiocarbonyl (C=S) groups is 1. The number of benzene rings is 2. The zero-order valence-corrected chi connectivity index (χ0v) is 10.8. The van der Waals surface area contributed by atoms with Gasteiger partial charge in [0.2, 0.25) is 0 Å². The Morgan fingerprint density at radius 2 is 1.58 bits per heavy atom. The molecule has 4 nitrogen and oxygen atoms in total. The highest BCUT2D eigenvalue weighted by molar-refractivity contribution is 7.80. The lowest BCUT2D eigenvalue weighted by molar-refractivity contribution is 0.0698. The molecule has 5 heteroatoms. The molecule has 0 aliphatic heterocycles. The first-order valence-electron chi connectivity index (χ1n) is 5.62. The Bertz CT molecular complexity index is 599. The average molecular weight is 272 g/mol. The molecule has 0 unspecified atom stereocenters. The standard InChI is InChI=1S/C14H12N2O2S/c17-13(18)11-8-4-5-9-12(11)16-14(19)15-10-6-2-1-3-7-10/h1-9H,(H,17,18)(H2,15,16,19). The van der Waals surface area contributed by atoms with E-state index in [-0.39, 0.29) is 5.56 Å². The van der Waals surface area contributed by atoms with Crippen LogP contribution in [0.3, 0.4) is 0 Å². The van der Waals surface area contributed by atoms with Gasteiger partial charge in [-0.3, -0.25) is 0 Å². The van der Waals surface area contributed by atoms with Gasteiger partial charge in [-0.1, -0.05) is 30.3 Å². The fraction of sp³-hybridized carbons (Fsp3) is 0. The second kappa shape index (κ2) is 5.97. The quantitative estimate of drug-likeness (QED) is 0.749. The maximum absolute atomic E-state index is 11.1. The minimum absolute atomic E-state index is 0.180. The van der Waals surface area contributed by atoms with E-state index in [9.17, 15) is 4.79 Å².